The molecule has 0 aliphatic heterocycles. The molecule has 2 heterocycles. The van der Waals surface area contributed by atoms with Crippen molar-refractivity contribution >= 4 is 16.9 Å². The molecule has 0 unspecified atom stereocenters. The van der Waals surface area contributed by atoms with Crippen LogP contribution >= 0.6 is 0 Å². The second kappa shape index (κ2) is 9.22. The molecule has 0 radical (unpaired) electrons. The summed E-state index contributed by atoms with van der Waals surface area (Å²) in [5, 5.41) is 2.94. The molecule has 0 aliphatic carbocycles. The number of pyridine rings is 1. The van der Waals surface area contributed by atoms with Gasteiger partial charge in [0.2, 0.25) is 5.91 Å². The van der Waals surface area contributed by atoms with Crippen molar-refractivity contribution in [3.8, 4) is 11.6 Å². The average Bonchev–Trinajstić information content (AvgIpc) is 3.20. The lowest BCUT2D eigenvalue weighted by Crippen LogP contribution is -2.23. The quantitative estimate of drug-likeness (QED) is 0.450. The Hall–Kier alpha value is -3.67. The summed E-state index contributed by atoms with van der Waals surface area (Å²) in [7, 11) is 0. The Morgan fingerprint density at radius 3 is 2.80 bits per heavy atom. The number of hydrogen-bond acceptors (Lipinski definition) is 4. The lowest BCUT2D eigenvalue weighted by molar-refractivity contribution is -0.121. The standard InChI is InChI=1S/C24H24N4O2/c1-18-6-4-7-20(14-18)30-13-5-10-24(29)26-16-19-11-12-23(25-15-19)28-17-27-21-8-2-3-9-22(21)28/h2-4,6-9,11-12,14-15,17H,5,10,13,16H2,1H3,(H,26,29). The fraction of sp³-hybridized carbons (Fsp3) is 0.208. The summed E-state index contributed by atoms with van der Waals surface area (Å²) in [6, 6.07) is 19.8. The molecular formula is C24H24N4O2. The molecule has 2 aromatic heterocycles. The molecule has 0 atom stereocenters. The molecule has 0 bridgehead atoms. The van der Waals surface area contributed by atoms with Crippen molar-refractivity contribution in [2.24, 2.45) is 0 Å². The summed E-state index contributed by atoms with van der Waals surface area (Å²) in [6.45, 7) is 3.00. The molecule has 152 valence electrons. The number of aryl methyl sites for hydroxylation is 1. The molecule has 6 heteroatoms. The number of imidazole rings is 1. The maximum atomic E-state index is 12.1. The number of aromatic nitrogens is 3. The van der Waals surface area contributed by atoms with Crippen molar-refractivity contribution in [2.75, 3.05) is 6.61 Å². The largest absolute Gasteiger partial charge is 0.494 e. The first kappa shape index (κ1) is 19.6. The Morgan fingerprint density at radius 2 is 1.97 bits per heavy atom. The number of fused-ring (bicyclic) bond motifs is 1. The molecule has 0 aliphatic rings. The number of rotatable bonds is 8. The van der Waals surface area contributed by atoms with Gasteiger partial charge >= 0.3 is 0 Å². The highest BCUT2D eigenvalue weighted by atomic mass is 16.5. The van der Waals surface area contributed by atoms with E-state index in [2.05, 4.69) is 15.3 Å². The van der Waals surface area contributed by atoms with E-state index in [1.54, 1.807) is 12.5 Å². The van der Waals surface area contributed by atoms with Crippen LogP contribution in [0.25, 0.3) is 16.9 Å². The van der Waals surface area contributed by atoms with Crippen LogP contribution in [0.15, 0.2) is 73.2 Å². The van der Waals surface area contributed by atoms with Gasteiger partial charge in [-0.3, -0.25) is 9.36 Å². The van der Waals surface area contributed by atoms with Crippen molar-refractivity contribution < 1.29 is 9.53 Å². The highest BCUT2D eigenvalue weighted by Crippen LogP contribution is 2.16. The van der Waals surface area contributed by atoms with Crippen molar-refractivity contribution in [1.82, 2.24) is 19.9 Å². The van der Waals surface area contributed by atoms with Crippen molar-refractivity contribution in [2.45, 2.75) is 26.3 Å². The van der Waals surface area contributed by atoms with E-state index in [0.29, 0.717) is 26.0 Å². The predicted molar refractivity (Wildman–Crippen MR) is 117 cm³/mol. The molecule has 2 aromatic carbocycles. The lowest BCUT2D eigenvalue weighted by Gasteiger charge is -2.08. The highest BCUT2D eigenvalue weighted by Gasteiger charge is 2.06. The first-order valence-corrected chi connectivity index (χ1v) is 10.0. The molecule has 0 fully saturated rings. The van der Waals surface area contributed by atoms with Gasteiger partial charge in [0.15, 0.2) is 0 Å². The third kappa shape index (κ3) is 4.84. The highest BCUT2D eigenvalue weighted by molar-refractivity contribution is 5.77. The van der Waals surface area contributed by atoms with Gasteiger partial charge < -0.3 is 10.1 Å². The summed E-state index contributed by atoms with van der Waals surface area (Å²) < 4.78 is 7.63. The summed E-state index contributed by atoms with van der Waals surface area (Å²) in [6.07, 6.45) is 4.65. The number of benzene rings is 2. The van der Waals surface area contributed by atoms with Crippen LogP contribution in [0.1, 0.15) is 24.0 Å². The number of carbonyl (C=O) groups excluding carboxylic acids is 1. The van der Waals surface area contributed by atoms with Gasteiger partial charge in [-0.2, -0.15) is 0 Å². The van der Waals surface area contributed by atoms with Gasteiger partial charge in [-0.25, -0.2) is 9.97 Å². The van der Waals surface area contributed by atoms with Crippen LogP contribution in [0.3, 0.4) is 0 Å². The first-order chi connectivity index (χ1) is 14.7. The van der Waals surface area contributed by atoms with E-state index >= 15 is 0 Å². The zero-order valence-corrected chi connectivity index (χ0v) is 16.9. The third-order valence-electron chi connectivity index (χ3n) is 4.81. The van der Waals surface area contributed by atoms with Crippen molar-refractivity contribution in [1.29, 1.82) is 0 Å². The Kier molecular flexibility index (Phi) is 6.03. The Labute approximate surface area is 175 Å². The number of amides is 1. The summed E-state index contributed by atoms with van der Waals surface area (Å²) >= 11 is 0. The monoisotopic (exact) mass is 400 g/mol. The molecule has 4 rings (SSSR count). The van der Waals surface area contributed by atoms with E-state index in [0.717, 1.165) is 33.7 Å². The van der Waals surface area contributed by atoms with Crippen LogP contribution < -0.4 is 10.1 Å². The SMILES string of the molecule is Cc1cccc(OCCCC(=O)NCc2ccc(-n3cnc4ccccc43)nc2)c1. The topological polar surface area (TPSA) is 69.0 Å². The minimum absolute atomic E-state index is 0.00697. The zero-order chi connectivity index (χ0) is 20.8. The van der Waals surface area contributed by atoms with Gasteiger partial charge in [0.25, 0.3) is 0 Å². The number of nitrogens with one attached hydrogen (secondary N) is 1. The number of hydrogen-bond donors (Lipinski definition) is 1. The maximum absolute atomic E-state index is 12.1. The number of para-hydroxylation sites is 2. The number of carbonyl (C=O) groups is 1. The second-order valence-electron chi connectivity index (χ2n) is 7.17. The minimum atomic E-state index is 0.00697. The van der Waals surface area contributed by atoms with E-state index in [-0.39, 0.29) is 5.91 Å². The van der Waals surface area contributed by atoms with Gasteiger partial charge in [-0.1, -0.05) is 30.3 Å². The average molecular weight is 400 g/mol. The van der Waals surface area contributed by atoms with Crippen molar-refractivity contribution in [3.05, 3.63) is 84.3 Å². The lowest BCUT2D eigenvalue weighted by atomic mass is 10.2. The van der Waals surface area contributed by atoms with Crippen LogP contribution in [0.2, 0.25) is 0 Å². The molecule has 0 saturated heterocycles. The summed E-state index contributed by atoms with van der Waals surface area (Å²) in [5.41, 5.74) is 4.06. The molecule has 1 amide bonds. The van der Waals surface area contributed by atoms with Crippen LogP contribution in [0.4, 0.5) is 0 Å². The Balaban J connectivity index is 1.23. The van der Waals surface area contributed by atoms with E-state index in [4.69, 9.17) is 4.74 Å². The molecule has 0 spiro atoms. The zero-order valence-electron chi connectivity index (χ0n) is 16.9. The third-order valence-corrected chi connectivity index (χ3v) is 4.81. The van der Waals surface area contributed by atoms with E-state index in [1.807, 2.05) is 72.2 Å². The normalized spacial score (nSPS) is 10.8. The maximum Gasteiger partial charge on any atom is 0.220 e. The molecule has 30 heavy (non-hydrogen) atoms. The van der Waals surface area contributed by atoms with Crippen LogP contribution in [0.5, 0.6) is 5.75 Å². The van der Waals surface area contributed by atoms with Gasteiger partial charge in [0, 0.05) is 19.2 Å². The Bertz CT molecular complexity index is 1140. The van der Waals surface area contributed by atoms with E-state index < -0.39 is 0 Å². The minimum Gasteiger partial charge on any atom is -0.494 e. The fourth-order valence-corrected chi connectivity index (χ4v) is 3.22. The summed E-state index contributed by atoms with van der Waals surface area (Å²) in [4.78, 5) is 21.0. The molecule has 1 N–H and O–H groups in total. The Morgan fingerprint density at radius 1 is 1.07 bits per heavy atom. The number of ether oxygens (including phenoxy) is 1. The molecule has 0 saturated carbocycles. The molecule has 4 aromatic rings. The van der Waals surface area contributed by atoms with Crippen LogP contribution in [-0.2, 0) is 11.3 Å². The van der Waals surface area contributed by atoms with Gasteiger partial charge in [0.05, 0.1) is 17.6 Å². The predicted octanol–water partition coefficient (Wildman–Crippen LogP) is 4.20. The van der Waals surface area contributed by atoms with Crippen LogP contribution in [0, 0.1) is 6.92 Å². The first-order valence-electron chi connectivity index (χ1n) is 10.0. The van der Waals surface area contributed by atoms with Crippen molar-refractivity contribution in [3.63, 3.8) is 0 Å². The fourth-order valence-electron chi connectivity index (χ4n) is 3.22. The summed E-state index contributed by atoms with van der Waals surface area (Å²) in [5.74, 6) is 1.65. The van der Waals surface area contributed by atoms with E-state index in [9.17, 15) is 4.79 Å². The molecular weight excluding hydrogens is 376 g/mol. The number of nitrogens with zero attached hydrogens (tertiary/aromatic N) is 3. The second-order valence-corrected chi connectivity index (χ2v) is 7.17. The van der Waals surface area contributed by atoms with Gasteiger partial charge in [0.1, 0.15) is 17.9 Å². The van der Waals surface area contributed by atoms with E-state index in [1.165, 1.54) is 0 Å². The molecule has 6 nitrogen and oxygen atoms in total. The smallest absolute Gasteiger partial charge is 0.220 e. The van der Waals surface area contributed by atoms with Crippen LogP contribution in [-0.4, -0.2) is 27.0 Å². The van der Waals surface area contributed by atoms with Gasteiger partial charge in [-0.05, 0) is 54.8 Å². The van der Waals surface area contributed by atoms with Gasteiger partial charge in [-0.15, -0.1) is 0 Å².